The molecule has 0 nitrogen and oxygen atoms in total. The Labute approximate surface area is 86.3 Å². The number of hydrogen-bond acceptors (Lipinski definition) is 2. The second-order valence-corrected chi connectivity index (χ2v) is 5.93. The highest BCUT2D eigenvalue weighted by Gasteiger charge is 2.01. The first-order valence-corrected chi connectivity index (χ1v) is 7.33. The second kappa shape index (κ2) is 8.31. The minimum atomic E-state index is 0.856. The van der Waals surface area contributed by atoms with E-state index in [1.807, 2.05) is 23.5 Å². The maximum absolute atomic E-state index is 2.32. The van der Waals surface area contributed by atoms with Crippen LogP contribution in [0.5, 0.6) is 0 Å². The van der Waals surface area contributed by atoms with Crippen molar-refractivity contribution < 1.29 is 0 Å². The van der Waals surface area contributed by atoms with Gasteiger partial charge in [0.05, 0.1) is 0 Å². The molecule has 0 rings (SSSR count). The van der Waals surface area contributed by atoms with Crippen LogP contribution in [0.1, 0.15) is 39.5 Å². The minimum absolute atomic E-state index is 0.856. The third-order valence-corrected chi connectivity index (χ3v) is 4.36. The maximum Gasteiger partial charge on any atom is 0.00159 e. The molecular weight excluding hydrogens is 184 g/mol. The van der Waals surface area contributed by atoms with E-state index in [4.69, 9.17) is 0 Å². The van der Waals surface area contributed by atoms with Crippen molar-refractivity contribution in [3.8, 4) is 0 Å². The third kappa shape index (κ3) is 7.35. The normalized spacial score (nSPS) is 16.0. The Bertz CT molecular complexity index is 81.8. The Hall–Kier alpha value is 0.700. The molecule has 74 valence electrons. The maximum atomic E-state index is 2.32. The number of rotatable bonds is 7. The number of hydrogen-bond donors (Lipinski definition) is 0. The van der Waals surface area contributed by atoms with Gasteiger partial charge in [0.15, 0.2) is 0 Å². The van der Waals surface area contributed by atoms with Crippen molar-refractivity contribution in [1.29, 1.82) is 0 Å². The summed E-state index contributed by atoms with van der Waals surface area (Å²) in [6.45, 7) is 4.64. The lowest BCUT2D eigenvalue weighted by Gasteiger charge is -2.09. The first-order chi connectivity index (χ1) is 5.70. The van der Waals surface area contributed by atoms with Crippen molar-refractivity contribution in [2.45, 2.75) is 50.0 Å². The van der Waals surface area contributed by atoms with Gasteiger partial charge in [-0.05, 0) is 25.4 Å². The highest BCUT2D eigenvalue weighted by Crippen LogP contribution is 2.17. The van der Waals surface area contributed by atoms with E-state index in [1.54, 1.807) is 0 Å². The summed E-state index contributed by atoms with van der Waals surface area (Å²) < 4.78 is 0. The van der Waals surface area contributed by atoms with Gasteiger partial charge in [-0.25, -0.2) is 0 Å². The summed E-state index contributed by atoms with van der Waals surface area (Å²) in [5, 5.41) is 1.71. The molecule has 2 heteroatoms. The Balaban J connectivity index is 3.10. The van der Waals surface area contributed by atoms with Crippen molar-refractivity contribution in [3.05, 3.63) is 0 Å². The van der Waals surface area contributed by atoms with Gasteiger partial charge in [-0.2, -0.15) is 23.5 Å². The van der Waals surface area contributed by atoms with Crippen LogP contribution in [0.2, 0.25) is 0 Å². The molecule has 0 aliphatic carbocycles. The molecule has 2 atom stereocenters. The van der Waals surface area contributed by atoms with E-state index in [9.17, 15) is 0 Å². The molecule has 0 aliphatic rings. The van der Waals surface area contributed by atoms with Crippen LogP contribution in [0.4, 0.5) is 0 Å². The molecule has 12 heavy (non-hydrogen) atoms. The molecule has 0 aliphatic heterocycles. The topological polar surface area (TPSA) is 0 Å². The van der Waals surface area contributed by atoms with Gasteiger partial charge in [0.2, 0.25) is 0 Å². The van der Waals surface area contributed by atoms with Crippen LogP contribution < -0.4 is 0 Å². The fraction of sp³-hybridized carbons (Fsp3) is 1.00. The Morgan fingerprint density at radius 1 is 0.833 bits per heavy atom. The summed E-state index contributed by atoms with van der Waals surface area (Å²) in [6, 6.07) is 0. The fourth-order valence-electron chi connectivity index (χ4n) is 1.10. The van der Waals surface area contributed by atoms with Crippen LogP contribution in [0, 0.1) is 0 Å². The van der Waals surface area contributed by atoms with Crippen molar-refractivity contribution in [3.63, 3.8) is 0 Å². The SMILES string of the molecule is CSC(C)CCCCC(C)SC. The van der Waals surface area contributed by atoms with Gasteiger partial charge in [0.25, 0.3) is 0 Å². The molecule has 0 spiro atoms. The smallest absolute Gasteiger partial charge is 0.00159 e. The lowest BCUT2D eigenvalue weighted by atomic mass is 10.1. The Kier molecular flexibility index (Phi) is 8.79. The predicted octanol–water partition coefficient (Wildman–Crippen LogP) is 4.05. The Morgan fingerprint density at radius 3 is 1.42 bits per heavy atom. The average molecular weight is 206 g/mol. The fourth-order valence-corrected chi connectivity index (χ4v) is 1.90. The highest BCUT2D eigenvalue weighted by molar-refractivity contribution is 7.99. The molecule has 0 aromatic rings. The van der Waals surface area contributed by atoms with E-state index < -0.39 is 0 Å². The molecule has 0 saturated carbocycles. The lowest BCUT2D eigenvalue weighted by molar-refractivity contribution is 0.638. The molecule has 0 saturated heterocycles. The zero-order valence-corrected chi connectivity index (χ0v) is 10.4. The standard InChI is InChI=1S/C10H22S2/c1-9(11-3)7-5-6-8-10(2)12-4/h9-10H,5-8H2,1-4H3. The quantitative estimate of drug-likeness (QED) is 0.576. The van der Waals surface area contributed by atoms with Crippen LogP contribution in [-0.4, -0.2) is 23.0 Å². The molecule has 0 amide bonds. The van der Waals surface area contributed by atoms with Gasteiger partial charge in [0, 0.05) is 10.5 Å². The molecule has 0 bridgehead atoms. The first kappa shape index (κ1) is 12.7. The molecule has 0 N–H and O–H groups in total. The van der Waals surface area contributed by atoms with Crippen LogP contribution >= 0.6 is 23.5 Å². The summed E-state index contributed by atoms with van der Waals surface area (Å²) in [7, 11) is 0. The van der Waals surface area contributed by atoms with Crippen molar-refractivity contribution >= 4 is 23.5 Å². The predicted molar refractivity (Wildman–Crippen MR) is 64.4 cm³/mol. The summed E-state index contributed by atoms with van der Waals surface area (Å²) >= 11 is 3.97. The highest BCUT2D eigenvalue weighted by atomic mass is 32.2. The molecule has 0 fully saturated rings. The number of thioether (sulfide) groups is 2. The number of unbranched alkanes of at least 4 members (excludes halogenated alkanes) is 1. The lowest BCUT2D eigenvalue weighted by Crippen LogP contribution is -1.98. The van der Waals surface area contributed by atoms with Gasteiger partial charge in [-0.1, -0.05) is 26.7 Å². The van der Waals surface area contributed by atoms with Crippen molar-refractivity contribution in [1.82, 2.24) is 0 Å². The van der Waals surface area contributed by atoms with Gasteiger partial charge < -0.3 is 0 Å². The largest absolute Gasteiger partial charge is 0.162 e. The molecule has 0 radical (unpaired) electrons. The molecule has 0 heterocycles. The van der Waals surface area contributed by atoms with E-state index in [1.165, 1.54) is 25.7 Å². The monoisotopic (exact) mass is 206 g/mol. The summed E-state index contributed by atoms with van der Waals surface area (Å²) in [4.78, 5) is 0. The van der Waals surface area contributed by atoms with Gasteiger partial charge in [-0.3, -0.25) is 0 Å². The van der Waals surface area contributed by atoms with Crippen LogP contribution in [0.15, 0.2) is 0 Å². The van der Waals surface area contributed by atoms with Crippen molar-refractivity contribution in [2.24, 2.45) is 0 Å². The van der Waals surface area contributed by atoms with Gasteiger partial charge in [0.1, 0.15) is 0 Å². The van der Waals surface area contributed by atoms with Crippen LogP contribution in [0.25, 0.3) is 0 Å². The molecular formula is C10H22S2. The zero-order valence-electron chi connectivity index (χ0n) is 8.80. The summed E-state index contributed by atoms with van der Waals surface area (Å²) in [5.74, 6) is 0. The minimum Gasteiger partial charge on any atom is -0.162 e. The summed E-state index contributed by atoms with van der Waals surface area (Å²) in [6.07, 6.45) is 10.0. The zero-order chi connectivity index (χ0) is 9.40. The van der Waals surface area contributed by atoms with Gasteiger partial charge >= 0.3 is 0 Å². The van der Waals surface area contributed by atoms with E-state index in [0.29, 0.717) is 0 Å². The average Bonchev–Trinajstić information content (AvgIpc) is 2.11. The van der Waals surface area contributed by atoms with E-state index >= 15 is 0 Å². The van der Waals surface area contributed by atoms with E-state index in [-0.39, 0.29) is 0 Å². The first-order valence-electron chi connectivity index (χ1n) is 4.76. The van der Waals surface area contributed by atoms with E-state index in [0.717, 1.165) is 10.5 Å². The van der Waals surface area contributed by atoms with Crippen LogP contribution in [-0.2, 0) is 0 Å². The molecule has 2 unspecified atom stereocenters. The second-order valence-electron chi connectivity index (χ2n) is 3.38. The molecule has 0 aromatic heterocycles. The third-order valence-electron chi connectivity index (χ3n) is 2.28. The van der Waals surface area contributed by atoms with E-state index in [2.05, 4.69) is 26.4 Å². The van der Waals surface area contributed by atoms with Gasteiger partial charge in [-0.15, -0.1) is 0 Å². The summed E-state index contributed by atoms with van der Waals surface area (Å²) in [5.41, 5.74) is 0. The van der Waals surface area contributed by atoms with Crippen molar-refractivity contribution in [2.75, 3.05) is 12.5 Å². The van der Waals surface area contributed by atoms with Crippen LogP contribution in [0.3, 0.4) is 0 Å². The Morgan fingerprint density at radius 2 is 1.17 bits per heavy atom. The molecule has 0 aromatic carbocycles.